The Morgan fingerprint density at radius 3 is 2.89 bits per heavy atom. The van der Waals surface area contributed by atoms with Crippen molar-refractivity contribution in [1.82, 2.24) is 9.97 Å². The molecule has 2 aromatic rings. The number of aromatic amines is 1. The molecule has 1 aliphatic rings. The predicted octanol–water partition coefficient (Wildman–Crippen LogP) is 2.12. The molecular weight excluding hydrogens is 222 g/mol. The zero-order valence-corrected chi connectivity index (χ0v) is 10.7. The molecule has 3 N–H and O–H groups in total. The molecule has 0 bridgehead atoms. The molecule has 0 aliphatic heterocycles. The molecule has 3 nitrogen and oxygen atoms in total. The number of H-pyrrole nitrogens is 1. The molecule has 0 saturated heterocycles. The second-order valence-corrected chi connectivity index (χ2v) is 5.27. The Hall–Kier alpha value is -1.61. The van der Waals surface area contributed by atoms with E-state index in [-0.39, 0.29) is 0 Å². The van der Waals surface area contributed by atoms with Gasteiger partial charge in [-0.15, -0.1) is 0 Å². The summed E-state index contributed by atoms with van der Waals surface area (Å²) in [6, 6.07) is 8.93. The van der Waals surface area contributed by atoms with Crippen LogP contribution in [-0.4, -0.2) is 16.0 Å². The lowest BCUT2D eigenvalue weighted by atomic mass is 9.97. The third-order valence-electron chi connectivity index (χ3n) is 3.62. The summed E-state index contributed by atoms with van der Waals surface area (Å²) in [7, 11) is 0. The van der Waals surface area contributed by atoms with Crippen LogP contribution in [-0.2, 0) is 19.3 Å². The van der Waals surface area contributed by atoms with E-state index in [4.69, 9.17) is 10.7 Å². The highest BCUT2D eigenvalue weighted by Gasteiger charge is 2.19. The minimum Gasteiger partial charge on any atom is -0.345 e. The van der Waals surface area contributed by atoms with Crippen molar-refractivity contribution >= 4 is 0 Å². The number of hydrogen-bond acceptors (Lipinski definition) is 2. The molecule has 3 heteroatoms. The van der Waals surface area contributed by atoms with E-state index in [2.05, 4.69) is 36.2 Å². The highest BCUT2D eigenvalue weighted by Crippen LogP contribution is 2.19. The van der Waals surface area contributed by atoms with Crippen LogP contribution in [0.4, 0.5) is 0 Å². The summed E-state index contributed by atoms with van der Waals surface area (Å²) >= 11 is 0. The SMILES string of the molecule is Cc1ccc(Cc2nc3c([nH]2)CC(N)CC3)cc1. The van der Waals surface area contributed by atoms with E-state index in [1.807, 2.05) is 0 Å². The molecule has 1 aliphatic carbocycles. The Balaban J connectivity index is 1.79. The summed E-state index contributed by atoms with van der Waals surface area (Å²) in [5.41, 5.74) is 11.0. The lowest BCUT2D eigenvalue weighted by Gasteiger charge is -2.15. The van der Waals surface area contributed by atoms with Crippen molar-refractivity contribution in [3.8, 4) is 0 Å². The maximum Gasteiger partial charge on any atom is 0.110 e. The maximum atomic E-state index is 5.98. The molecule has 0 fully saturated rings. The molecular formula is C15H19N3. The highest BCUT2D eigenvalue weighted by atomic mass is 14.9. The lowest BCUT2D eigenvalue weighted by molar-refractivity contribution is 0.565. The average Bonchev–Trinajstić information content (AvgIpc) is 2.73. The fraction of sp³-hybridized carbons (Fsp3) is 0.400. The third kappa shape index (κ3) is 2.31. The minimum atomic E-state index is 0.296. The van der Waals surface area contributed by atoms with Crippen molar-refractivity contribution in [1.29, 1.82) is 0 Å². The van der Waals surface area contributed by atoms with Crippen LogP contribution in [0, 0.1) is 6.92 Å². The van der Waals surface area contributed by atoms with Crippen LogP contribution in [0.15, 0.2) is 24.3 Å². The number of nitrogens with zero attached hydrogens (tertiary/aromatic N) is 1. The van der Waals surface area contributed by atoms with Crippen molar-refractivity contribution in [3.05, 3.63) is 52.6 Å². The van der Waals surface area contributed by atoms with Gasteiger partial charge >= 0.3 is 0 Å². The zero-order chi connectivity index (χ0) is 12.5. The molecule has 1 aromatic carbocycles. The molecule has 1 heterocycles. The molecule has 3 rings (SSSR count). The first kappa shape index (κ1) is 11.5. The van der Waals surface area contributed by atoms with Gasteiger partial charge in [-0.1, -0.05) is 29.8 Å². The van der Waals surface area contributed by atoms with Crippen molar-refractivity contribution in [3.63, 3.8) is 0 Å². The number of nitrogens with one attached hydrogen (secondary N) is 1. The van der Waals surface area contributed by atoms with Gasteiger partial charge in [0.15, 0.2) is 0 Å². The van der Waals surface area contributed by atoms with Crippen LogP contribution < -0.4 is 5.73 Å². The van der Waals surface area contributed by atoms with Gasteiger partial charge < -0.3 is 10.7 Å². The van der Waals surface area contributed by atoms with Gasteiger partial charge in [0.05, 0.1) is 5.69 Å². The van der Waals surface area contributed by atoms with Gasteiger partial charge in [-0.2, -0.15) is 0 Å². The smallest absolute Gasteiger partial charge is 0.110 e. The first-order valence-electron chi connectivity index (χ1n) is 6.58. The monoisotopic (exact) mass is 241 g/mol. The molecule has 1 unspecified atom stereocenters. The van der Waals surface area contributed by atoms with Crippen LogP contribution in [0.3, 0.4) is 0 Å². The van der Waals surface area contributed by atoms with E-state index in [0.29, 0.717) is 6.04 Å². The normalized spacial score (nSPS) is 18.7. The predicted molar refractivity (Wildman–Crippen MR) is 72.6 cm³/mol. The van der Waals surface area contributed by atoms with Crippen LogP contribution in [0.1, 0.15) is 34.8 Å². The summed E-state index contributed by atoms with van der Waals surface area (Å²) in [6.45, 7) is 2.11. The Kier molecular flexibility index (Phi) is 2.92. The fourth-order valence-electron chi connectivity index (χ4n) is 2.55. The summed E-state index contributed by atoms with van der Waals surface area (Å²) in [4.78, 5) is 8.13. The molecule has 0 radical (unpaired) electrons. The van der Waals surface area contributed by atoms with Crippen molar-refractivity contribution in [2.75, 3.05) is 0 Å². The van der Waals surface area contributed by atoms with Crippen LogP contribution in [0.2, 0.25) is 0 Å². The number of aryl methyl sites for hydroxylation is 2. The summed E-state index contributed by atoms with van der Waals surface area (Å²) in [6.07, 6.45) is 3.89. The Labute approximate surface area is 107 Å². The Morgan fingerprint density at radius 1 is 1.33 bits per heavy atom. The van der Waals surface area contributed by atoms with E-state index >= 15 is 0 Å². The maximum absolute atomic E-state index is 5.98. The number of nitrogens with two attached hydrogens (primary N) is 1. The topological polar surface area (TPSA) is 54.7 Å². The van der Waals surface area contributed by atoms with E-state index in [1.165, 1.54) is 22.5 Å². The lowest BCUT2D eigenvalue weighted by Crippen LogP contribution is -2.27. The van der Waals surface area contributed by atoms with Crippen molar-refractivity contribution < 1.29 is 0 Å². The first-order chi connectivity index (χ1) is 8.70. The number of imidazole rings is 1. The number of benzene rings is 1. The van der Waals surface area contributed by atoms with Gasteiger partial charge in [-0.05, 0) is 25.3 Å². The van der Waals surface area contributed by atoms with Gasteiger partial charge in [-0.25, -0.2) is 4.98 Å². The van der Waals surface area contributed by atoms with Crippen LogP contribution >= 0.6 is 0 Å². The first-order valence-corrected chi connectivity index (χ1v) is 6.58. The summed E-state index contributed by atoms with van der Waals surface area (Å²) < 4.78 is 0. The quantitative estimate of drug-likeness (QED) is 0.846. The highest BCUT2D eigenvalue weighted by molar-refractivity contribution is 5.26. The van der Waals surface area contributed by atoms with Crippen molar-refractivity contribution in [2.24, 2.45) is 5.73 Å². The molecule has 1 aromatic heterocycles. The van der Waals surface area contributed by atoms with E-state index in [9.17, 15) is 0 Å². The van der Waals surface area contributed by atoms with Gasteiger partial charge in [-0.3, -0.25) is 0 Å². The summed E-state index contributed by atoms with van der Waals surface area (Å²) in [5, 5.41) is 0. The molecule has 0 spiro atoms. The van der Waals surface area contributed by atoms with Gasteiger partial charge in [0, 0.05) is 24.6 Å². The standard InChI is InChI=1S/C15H19N3/c1-10-2-4-11(5-3-10)8-15-17-13-7-6-12(16)9-14(13)18-15/h2-5,12H,6-9,16H2,1H3,(H,17,18). The zero-order valence-electron chi connectivity index (χ0n) is 10.7. The number of rotatable bonds is 2. The van der Waals surface area contributed by atoms with Gasteiger partial charge in [0.2, 0.25) is 0 Å². The van der Waals surface area contributed by atoms with Gasteiger partial charge in [0.1, 0.15) is 5.82 Å². The van der Waals surface area contributed by atoms with Crippen molar-refractivity contribution in [2.45, 2.75) is 38.6 Å². The second-order valence-electron chi connectivity index (χ2n) is 5.27. The largest absolute Gasteiger partial charge is 0.345 e. The molecule has 1 atom stereocenters. The summed E-state index contributed by atoms with van der Waals surface area (Å²) in [5.74, 6) is 1.07. The third-order valence-corrected chi connectivity index (χ3v) is 3.62. The van der Waals surface area contributed by atoms with Gasteiger partial charge in [0.25, 0.3) is 0 Å². The van der Waals surface area contributed by atoms with E-state index < -0.39 is 0 Å². The average molecular weight is 241 g/mol. The van der Waals surface area contributed by atoms with Crippen LogP contribution in [0.25, 0.3) is 0 Å². The molecule has 18 heavy (non-hydrogen) atoms. The van der Waals surface area contributed by atoms with E-state index in [1.54, 1.807) is 0 Å². The Bertz CT molecular complexity index is 539. The van der Waals surface area contributed by atoms with Crippen LogP contribution in [0.5, 0.6) is 0 Å². The second kappa shape index (κ2) is 4.58. The number of aromatic nitrogens is 2. The Morgan fingerprint density at radius 2 is 2.11 bits per heavy atom. The van der Waals surface area contributed by atoms with E-state index in [0.717, 1.165) is 31.5 Å². The molecule has 0 amide bonds. The fourth-order valence-corrected chi connectivity index (χ4v) is 2.55. The molecule has 94 valence electrons. The molecule has 0 saturated carbocycles. The minimum absolute atomic E-state index is 0.296. The number of fused-ring (bicyclic) bond motifs is 1. The number of hydrogen-bond donors (Lipinski definition) is 2.